The van der Waals surface area contributed by atoms with Crippen LogP contribution in [-0.4, -0.2) is 33.6 Å². The highest BCUT2D eigenvalue weighted by Gasteiger charge is 2.25. The van der Waals surface area contributed by atoms with Crippen LogP contribution in [0, 0.1) is 0 Å². The molecule has 0 aliphatic rings. The molecule has 6 heteroatoms. The van der Waals surface area contributed by atoms with Gasteiger partial charge in [-0.2, -0.15) is 0 Å². The molecule has 0 aliphatic carbocycles. The Bertz CT molecular complexity index is 405. The lowest BCUT2D eigenvalue weighted by Gasteiger charge is -2.20. The third-order valence-corrected chi connectivity index (χ3v) is 3.51. The second-order valence-electron chi connectivity index (χ2n) is 5.61. The number of carbonyl (C=O) groups is 1. The van der Waals surface area contributed by atoms with Crippen molar-refractivity contribution >= 4 is 5.91 Å². The zero-order chi connectivity index (χ0) is 15.0. The molecule has 0 spiro atoms. The Morgan fingerprint density at radius 2 is 2.15 bits per heavy atom. The van der Waals surface area contributed by atoms with Gasteiger partial charge in [-0.05, 0) is 32.4 Å². The van der Waals surface area contributed by atoms with Crippen LogP contribution in [0.1, 0.15) is 26.3 Å². The fourth-order valence-electron chi connectivity index (χ4n) is 1.55. The smallest absolute Gasteiger partial charge is 0.287 e. The Hall–Kier alpha value is -0.730. The number of alkyl halides is 1. The number of nitrogens with zero attached hydrogens (tertiary/aromatic N) is 1. The lowest BCUT2D eigenvalue weighted by molar-refractivity contribution is -0.412. The van der Waals surface area contributed by atoms with Gasteiger partial charge in [-0.1, -0.05) is 6.07 Å². The molecule has 0 radical (unpaired) electrons. The highest BCUT2D eigenvalue weighted by molar-refractivity contribution is 5.80. The lowest BCUT2D eigenvalue weighted by atomic mass is 10.1. The van der Waals surface area contributed by atoms with Crippen LogP contribution in [-0.2, 0) is 11.3 Å². The van der Waals surface area contributed by atoms with Gasteiger partial charge in [0.15, 0.2) is 0 Å². The first kappa shape index (κ1) is 17.3. The van der Waals surface area contributed by atoms with Crippen molar-refractivity contribution in [2.75, 3.05) is 13.1 Å². The van der Waals surface area contributed by atoms with Gasteiger partial charge >= 0.3 is 0 Å². The van der Waals surface area contributed by atoms with Crippen molar-refractivity contribution in [3.05, 3.63) is 30.1 Å². The molecule has 0 bridgehead atoms. The standard InChI is InChI=1S/C14H23IN4O/c1-14(2,3)19-13(20)12(15)18-8-7-17-10-11-5-4-6-16-9-11/h4-6,9,12,15,17-18H,7-8,10H2,1-3H3/p+1. The fourth-order valence-corrected chi connectivity index (χ4v) is 2.06. The molecule has 1 amide bonds. The SMILES string of the molecule is CC(C)(C)NC(=O)C([IH+])NCCNCc1cccnc1. The van der Waals surface area contributed by atoms with E-state index in [0.717, 1.165) is 25.2 Å². The molecule has 20 heavy (non-hydrogen) atoms. The van der Waals surface area contributed by atoms with Crippen molar-refractivity contribution < 1.29 is 27.4 Å². The topological polar surface area (TPSA) is 66.1 Å². The van der Waals surface area contributed by atoms with Gasteiger partial charge in [-0.15, -0.1) is 0 Å². The van der Waals surface area contributed by atoms with Crippen molar-refractivity contribution in [2.24, 2.45) is 0 Å². The van der Waals surface area contributed by atoms with Crippen molar-refractivity contribution in [3.8, 4) is 0 Å². The first-order chi connectivity index (χ1) is 9.38. The summed E-state index contributed by atoms with van der Waals surface area (Å²) in [6.45, 7) is 8.29. The van der Waals surface area contributed by atoms with E-state index in [1.807, 2.05) is 39.1 Å². The van der Waals surface area contributed by atoms with Crippen LogP contribution < -0.4 is 38.5 Å². The van der Waals surface area contributed by atoms with Crippen molar-refractivity contribution in [3.63, 3.8) is 0 Å². The highest BCUT2D eigenvalue weighted by atomic mass is 127. The number of rotatable bonds is 7. The molecule has 0 aromatic carbocycles. The number of hydrogen-bond acceptors (Lipinski definition) is 4. The quantitative estimate of drug-likeness (QED) is 0.205. The van der Waals surface area contributed by atoms with Crippen molar-refractivity contribution in [2.45, 2.75) is 36.9 Å². The summed E-state index contributed by atoms with van der Waals surface area (Å²) in [4.78, 5) is 15.9. The Kier molecular flexibility index (Phi) is 7.39. The highest BCUT2D eigenvalue weighted by Crippen LogP contribution is 1.97. The molecule has 0 fully saturated rings. The van der Waals surface area contributed by atoms with E-state index in [4.69, 9.17) is 0 Å². The van der Waals surface area contributed by atoms with Gasteiger partial charge in [0, 0.05) is 37.6 Å². The van der Waals surface area contributed by atoms with E-state index < -0.39 is 0 Å². The van der Waals surface area contributed by atoms with Gasteiger partial charge in [0.05, 0.1) is 0 Å². The number of pyridine rings is 1. The van der Waals surface area contributed by atoms with Crippen LogP contribution in [0.5, 0.6) is 0 Å². The molecule has 3 N–H and O–H groups in total. The third-order valence-electron chi connectivity index (χ3n) is 2.42. The molecular weight excluding hydrogens is 367 g/mol. The summed E-state index contributed by atoms with van der Waals surface area (Å²) in [5.41, 5.74) is 0.972. The summed E-state index contributed by atoms with van der Waals surface area (Å²) in [6.07, 6.45) is 3.61. The predicted octanol–water partition coefficient (Wildman–Crippen LogP) is -2.71. The zero-order valence-corrected chi connectivity index (χ0v) is 14.6. The summed E-state index contributed by atoms with van der Waals surface area (Å²) in [5, 5.41) is 9.47. The average molecular weight is 391 g/mol. The second kappa shape index (κ2) is 8.53. The van der Waals surface area contributed by atoms with Crippen LogP contribution in [0.2, 0.25) is 0 Å². The van der Waals surface area contributed by atoms with E-state index in [-0.39, 0.29) is 15.5 Å². The average Bonchev–Trinajstić information content (AvgIpc) is 2.37. The maximum atomic E-state index is 11.8. The first-order valence-corrected chi connectivity index (χ1v) is 8.04. The largest absolute Gasteiger partial charge is 0.346 e. The van der Waals surface area contributed by atoms with Gasteiger partial charge in [-0.25, -0.2) is 0 Å². The summed E-state index contributed by atoms with van der Waals surface area (Å²) in [7, 11) is 0. The molecule has 1 unspecified atom stereocenters. The van der Waals surface area contributed by atoms with E-state index in [9.17, 15) is 4.79 Å². The zero-order valence-electron chi connectivity index (χ0n) is 12.3. The Labute approximate surface area is 134 Å². The Balaban J connectivity index is 2.13. The van der Waals surface area contributed by atoms with Crippen molar-refractivity contribution in [1.29, 1.82) is 0 Å². The normalized spacial score (nSPS) is 13.0. The molecule has 1 aromatic rings. The molecule has 0 aliphatic heterocycles. The molecule has 1 aromatic heterocycles. The van der Waals surface area contributed by atoms with E-state index in [0.29, 0.717) is 0 Å². The number of hydrogen-bond donors (Lipinski definition) is 3. The molecule has 0 saturated carbocycles. The van der Waals surface area contributed by atoms with E-state index >= 15 is 0 Å². The van der Waals surface area contributed by atoms with Crippen LogP contribution in [0.4, 0.5) is 0 Å². The number of halogens is 1. The third kappa shape index (κ3) is 7.76. The predicted molar refractivity (Wildman–Crippen MR) is 77.0 cm³/mol. The Morgan fingerprint density at radius 3 is 2.75 bits per heavy atom. The van der Waals surface area contributed by atoms with Crippen LogP contribution in [0.15, 0.2) is 24.5 Å². The maximum absolute atomic E-state index is 11.8. The van der Waals surface area contributed by atoms with Gasteiger partial charge in [-0.3, -0.25) is 15.1 Å². The summed E-state index contributed by atoms with van der Waals surface area (Å²) in [5.74, 6) is 0.0366. The lowest BCUT2D eigenvalue weighted by Crippen LogP contribution is -3.41. The Morgan fingerprint density at radius 1 is 1.40 bits per heavy atom. The molecule has 112 valence electrons. The van der Waals surface area contributed by atoms with Gasteiger partial charge in [0.1, 0.15) is 0 Å². The minimum Gasteiger partial charge on any atom is -0.346 e. The van der Waals surface area contributed by atoms with E-state index in [1.165, 1.54) is 0 Å². The molecule has 0 saturated heterocycles. The summed E-state index contributed by atoms with van der Waals surface area (Å²) in [6, 6.07) is 3.96. The van der Waals surface area contributed by atoms with Crippen LogP contribution in [0.3, 0.4) is 0 Å². The number of nitrogens with one attached hydrogen (secondary N) is 3. The van der Waals surface area contributed by atoms with Gasteiger partial charge in [0.2, 0.25) is 0 Å². The maximum Gasteiger partial charge on any atom is 0.287 e. The van der Waals surface area contributed by atoms with Crippen LogP contribution >= 0.6 is 0 Å². The monoisotopic (exact) mass is 391 g/mol. The van der Waals surface area contributed by atoms with Crippen LogP contribution in [0.25, 0.3) is 0 Å². The first-order valence-electron chi connectivity index (χ1n) is 6.69. The number of amides is 1. The molecule has 1 rings (SSSR count). The summed E-state index contributed by atoms with van der Waals surface area (Å²) < 4.78 is -0.176. The minimum absolute atomic E-state index is 0.0366. The van der Waals surface area contributed by atoms with Crippen molar-refractivity contribution in [1.82, 2.24) is 20.9 Å². The molecule has 1 atom stereocenters. The fraction of sp³-hybridized carbons (Fsp3) is 0.571. The number of aromatic nitrogens is 1. The second-order valence-corrected chi connectivity index (χ2v) is 6.96. The minimum atomic E-state index is -0.187. The molecular formula is C14H24IN4O+. The van der Waals surface area contributed by atoms with Gasteiger partial charge < -0.3 is 10.6 Å². The molecule has 5 nitrogen and oxygen atoms in total. The number of carbonyl (C=O) groups excluding carboxylic acids is 1. The van der Waals surface area contributed by atoms with E-state index in [2.05, 4.69) is 20.9 Å². The van der Waals surface area contributed by atoms with Gasteiger partial charge in [0.25, 0.3) is 32.5 Å². The van der Waals surface area contributed by atoms with E-state index in [1.54, 1.807) is 28.8 Å². The summed E-state index contributed by atoms with van der Waals surface area (Å²) >= 11 is 1.80. The molecule has 1 heterocycles.